The Balaban J connectivity index is 1.85. The van der Waals surface area contributed by atoms with Crippen LogP contribution < -0.4 is 0 Å². The minimum Gasteiger partial charge on any atom is -0.505 e. The standard InChI is InChI=1S/C13H12N2O2S/c16-11-7-14-4-1-10(11)13(17)15-5-2-12-9(8-15)3-6-18-12/h1,3-4,6-7,16H,2,5,8H2. The van der Waals surface area contributed by atoms with Crippen molar-refractivity contribution < 1.29 is 9.90 Å². The van der Waals surface area contributed by atoms with Crippen molar-refractivity contribution >= 4 is 17.2 Å². The molecule has 0 saturated heterocycles. The van der Waals surface area contributed by atoms with Gasteiger partial charge in [-0.2, -0.15) is 0 Å². The number of thiophene rings is 1. The Morgan fingerprint density at radius 2 is 2.33 bits per heavy atom. The van der Waals surface area contributed by atoms with E-state index in [0.717, 1.165) is 6.42 Å². The SMILES string of the molecule is O=C(c1ccncc1O)N1CCc2sccc2C1. The van der Waals surface area contributed by atoms with Crippen molar-refractivity contribution in [2.75, 3.05) is 6.54 Å². The monoisotopic (exact) mass is 260 g/mol. The Morgan fingerprint density at radius 1 is 1.44 bits per heavy atom. The summed E-state index contributed by atoms with van der Waals surface area (Å²) in [6.45, 7) is 1.33. The van der Waals surface area contributed by atoms with E-state index in [1.54, 1.807) is 22.3 Å². The largest absolute Gasteiger partial charge is 0.505 e. The summed E-state index contributed by atoms with van der Waals surface area (Å²) < 4.78 is 0. The quantitative estimate of drug-likeness (QED) is 0.853. The van der Waals surface area contributed by atoms with Gasteiger partial charge in [0.2, 0.25) is 0 Å². The highest BCUT2D eigenvalue weighted by molar-refractivity contribution is 7.10. The van der Waals surface area contributed by atoms with Crippen molar-refractivity contribution in [2.24, 2.45) is 0 Å². The molecule has 1 N–H and O–H groups in total. The highest BCUT2D eigenvalue weighted by Crippen LogP contribution is 2.26. The first kappa shape index (κ1) is 11.2. The third kappa shape index (κ3) is 1.86. The minimum atomic E-state index is -0.133. The lowest BCUT2D eigenvalue weighted by Gasteiger charge is -2.27. The van der Waals surface area contributed by atoms with Crippen LogP contribution in [0.1, 0.15) is 20.8 Å². The smallest absolute Gasteiger partial charge is 0.258 e. The molecule has 18 heavy (non-hydrogen) atoms. The molecule has 5 heteroatoms. The molecular formula is C13H12N2O2S. The molecule has 92 valence electrons. The average Bonchev–Trinajstić information content (AvgIpc) is 2.85. The molecule has 1 aliphatic rings. The molecule has 3 heterocycles. The van der Waals surface area contributed by atoms with Crippen molar-refractivity contribution in [1.29, 1.82) is 0 Å². The molecule has 0 saturated carbocycles. The van der Waals surface area contributed by atoms with E-state index in [1.165, 1.54) is 22.8 Å². The molecule has 1 aliphatic heterocycles. The zero-order valence-electron chi connectivity index (χ0n) is 9.67. The normalized spacial score (nSPS) is 14.3. The number of hydrogen-bond donors (Lipinski definition) is 1. The van der Waals surface area contributed by atoms with Crippen molar-refractivity contribution in [3.8, 4) is 5.75 Å². The van der Waals surface area contributed by atoms with Gasteiger partial charge in [-0.25, -0.2) is 0 Å². The van der Waals surface area contributed by atoms with Gasteiger partial charge in [-0.05, 0) is 29.5 Å². The summed E-state index contributed by atoms with van der Waals surface area (Å²) >= 11 is 1.74. The van der Waals surface area contributed by atoms with Crippen molar-refractivity contribution in [1.82, 2.24) is 9.88 Å². The van der Waals surface area contributed by atoms with Gasteiger partial charge in [0.1, 0.15) is 5.75 Å². The van der Waals surface area contributed by atoms with Gasteiger partial charge in [0, 0.05) is 24.2 Å². The summed E-state index contributed by atoms with van der Waals surface area (Å²) in [5, 5.41) is 11.7. The number of nitrogens with zero attached hydrogens (tertiary/aromatic N) is 2. The van der Waals surface area contributed by atoms with Crippen LogP contribution in [0.2, 0.25) is 0 Å². The van der Waals surface area contributed by atoms with E-state index in [2.05, 4.69) is 16.4 Å². The molecular weight excluding hydrogens is 248 g/mol. The van der Waals surface area contributed by atoms with Gasteiger partial charge >= 0.3 is 0 Å². The fraction of sp³-hybridized carbons (Fsp3) is 0.231. The zero-order chi connectivity index (χ0) is 12.5. The number of aromatic hydroxyl groups is 1. The first-order chi connectivity index (χ1) is 8.75. The number of hydrogen-bond acceptors (Lipinski definition) is 4. The molecule has 2 aromatic heterocycles. The molecule has 0 fully saturated rings. The van der Waals surface area contributed by atoms with Gasteiger partial charge < -0.3 is 10.0 Å². The molecule has 0 radical (unpaired) electrons. The van der Waals surface area contributed by atoms with Gasteiger partial charge in [-0.3, -0.25) is 9.78 Å². The molecule has 2 aromatic rings. The van der Waals surface area contributed by atoms with Crippen LogP contribution in [0.25, 0.3) is 0 Å². The summed E-state index contributed by atoms with van der Waals surface area (Å²) in [6.07, 6.45) is 3.71. The molecule has 0 aliphatic carbocycles. The summed E-state index contributed by atoms with van der Waals surface area (Å²) in [4.78, 5) is 19.2. The topological polar surface area (TPSA) is 53.4 Å². The number of fused-ring (bicyclic) bond motifs is 1. The van der Waals surface area contributed by atoms with Crippen LogP contribution in [0, 0.1) is 0 Å². The summed E-state index contributed by atoms with van der Waals surface area (Å²) in [6, 6.07) is 3.62. The van der Waals surface area contributed by atoms with E-state index in [-0.39, 0.29) is 11.7 Å². The van der Waals surface area contributed by atoms with E-state index in [0.29, 0.717) is 18.7 Å². The van der Waals surface area contributed by atoms with Crippen LogP contribution in [-0.4, -0.2) is 27.4 Å². The average molecular weight is 260 g/mol. The number of pyridine rings is 1. The third-order valence-electron chi connectivity index (χ3n) is 3.13. The van der Waals surface area contributed by atoms with Gasteiger partial charge in [0.15, 0.2) is 0 Å². The van der Waals surface area contributed by atoms with Crippen LogP contribution in [0.5, 0.6) is 5.75 Å². The van der Waals surface area contributed by atoms with Gasteiger partial charge in [0.25, 0.3) is 5.91 Å². The lowest BCUT2D eigenvalue weighted by molar-refractivity contribution is 0.0732. The van der Waals surface area contributed by atoms with Crippen molar-refractivity contribution in [3.05, 3.63) is 45.9 Å². The fourth-order valence-corrected chi connectivity index (χ4v) is 3.05. The number of aromatic nitrogens is 1. The molecule has 0 bridgehead atoms. The summed E-state index contributed by atoms with van der Waals surface area (Å²) in [5.74, 6) is -0.189. The minimum absolute atomic E-state index is 0.0568. The number of carbonyl (C=O) groups excluding carboxylic acids is 1. The molecule has 1 amide bonds. The second kappa shape index (κ2) is 4.42. The van der Waals surface area contributed by atoms with E-state index < -0.39 is 0 Å². The van der Waals surface area contributed by atoms with Crippen LogP contribution >= 0.6 is 11.3 Å². The molecule has 3 rings (SSSR count). The van der Waals surface area contributed by atoms with Gasteiger partial charge in [0.05, 0.1) is 11.8 Å². The van der Waals surface area contributed by atoms with Crippen LogP contribution in [0.15, 0.2) is 29.9 Å². The first-order valence-corrected chi connectivity index (χ1v) is 6.61. The van der Waals surface area contributed by atoms with E-state index in [1.807, 2.05) is 0 Å². The Kier molecular flexibility index (Phi) is 2.76. The van der Waals surface area contributed by atoms with Crippen molar-refractivity contribution in [3.63, 3.8) is 0 Å². The van der Waals surface area contributed by atoms with Crippen LogP contribution in [0.4, 0.5) is 0 Å². The Labute approximate surface area is 109 Å². The third-order valence-corrected chi connectivity index (χ3v) is 4.15. The fourth-order valence-electron chi connectivity index (χ4n) is 2.16. The highest BCUT2D eigenvalue weighted by Gasteiger charge is 2.24. The molecule has 4 nitrogen and oxygen atoms in total. The maximum absolute atomic E-state index is 12.3. The summed E-state index contributed by atoms with van der Waals surface area (Å²) in [7, 11) is 0. The van der Waals surface area contributed by atoms with E-state index in [9.17, 15) is 9.90 Å². The maximum Gasteiger partial charge on any atom is 0.258 e. The Morgan fingerprint density at radius 3 is 3.17 bits per heavy atom. The number of amides is 1. The van der Waals surface area contributed by atoms with Gasteiger partial charge in [-0.1, -0.05) is 0 Å². The van der Waals surface area contributed by atoms with Crippen molar-refractivity contribution in [2.45, 2.75) is 13.0 Å². The Hall–Kier alpha value is -1.88. The predicted molar refractivity (Wildman–Crippen MR) is 68.7 cm³/mol. The zero-order valence-corrected chi connectivity index (χ0v) is 10.5. The Bertz CT molecular complexity index is 594. The number of rotatable bonds is 1. The molecule has 0 spiro atoms. The second-order valence-corrected chi connectivity index (χ2v) is 5.24. The van der Waals surface area contributed by atoms with Gasteiger partial charge in [-0.15, -0.1) is 11.3 Å². The highest BCUT2D eigenvalue weighted by atomic mass is 32.1. The number of carbonyl (C=O) groups is 1. The van der Waals surface area contributed by atoms with Crippen LogP contribution in [-0.2, 0) is 13.0 Å². The molecule has 0 unspecified atom stereocenters. The predicted octanol–water partition coefficient (Wildman–Crippen LogP) is 2.05. The molecule has 0 aromatic carbocycles. The lowest BCUT2D eigenvalue weighted by Crippen LogP contribution is -2.35. The van der Waals surface area contributed by atoms with E-state index in [4.69, 9.17) is 0 Å². The van der Waals surface area contributed by atoms with E-state index >= 15 is 0 Å². The first-order valence-electron chi connectivity index (χ1n) is 5.73. The lowest BCUT2D eigenvalue weighted by atomic mass is 10.1. The van der Waals surface area contributed by atoms with Crippen LogP contribution in [0.3, 0.4) is 0 Å². The molecule has 0 atom stereocenters. The summed E-state index contributed by atoms with van der Waals surface area (Å²) in [5.41, 5.74) is 1.54. The maximum atomic E-state index is 12.3. The second-order valence-electron chi connectivity index (χ2n) is 4.24.